The lowest BCUT2D eigenvalue weighted by molar-refractivity contribution is -0.141. The number of hydrogen-bond acceptors (Lipinski definition) is 6. The van der Waals surface area contributed by atoms with Crippen molar-refractivity contribution in [2.24, 2.45) is 0 Å². The SMILES string of the molecule is C[C@@H](Nc1nc(N)nc(-c2cccc(C(F)(F)F)n2)n1)c1ccccc1. The van der Waals surface area contributed by atoms with Gasteiger partial charge in [-0.2, -0.15) is 28.1 Å². The van der Waals surface area contributed by atoms with Gasteiger partial charge in [0, 0.05) is 0 Å². The van der Waals surface area contributed by atoms with E-state index in [1.54, 1.807) is 0 Å². The Bertz CT molecular complexity index is 899. The number of nitrogens with zero attached hydrogens (tertiary/aromatic N) is 4. The van der Waals surface area contributed by atoms with E-state index in [1.165, 1.54) is 12.1 Å². The van der Waals surface area contributed by atoms with Gasteiger partial charge in [0.2, 0.25) is 11.9 Å². The van der Waals surface area contributed by atoms with Crippen LogP contribution in [0.4, 0.5) is 25.1 Å². The van der Waals surface area contributed by atoms with E-state index in [0.717, 1.165) is 11.6 Å². The Morgan fingerprint density at radius 2 is 1.65 bits per heavy atom. The number of nitrogen functional groups attached to an aromatic ring is 1. The van der Waals surface area contributed by atoms with Crippen molar-refractivity contribution in [3.8, 4) is 11.5 Å². The summed E-state index contributed by atoms with van der Waals surface area (Å²) in [6.07, 6.45) is -4.56. The van der Waals surface area contributed by atoms with Crippen molar-refractivity contribution in [3.63, 3.8) is 0 Å². The minimum atomic E-state index is -4.56. The molecule has 3 rings (SSSR count). The molecule has 1 atom stereocenters. The van der Waals surface area contributed by atoms with Crippen molar-refractivity contribution >= 4 is 11.9 Å². The summed E-state index contributed by atoms with van der Waals surface area (Å²) in [4.78, 5) is 15.6. The molecule has 0 aliphatic heterocycles. The van der Waals surface area contributed by atoms with E-state index < -0.39 is 11.9 Å². The van der Waals surface area contributed by atoms with Gasteiger partial charge in [-0.3, -0.25) is 0 Å². The van der Waals surface area contributed by atoms with Crippen LogP contribution in [0.25, 0.3) is 11.5 Å². The van der Waals surface area contributed by atoms with Gasteiger partial charge in [-0.15, -0.1) is 0 Å². The molecule has 0 amide bonds. The third kappa shape index (κ3) is 4.05. The fourth-order valence-electron chi connectivity index (χ4n) is 2.31. The Hall–Kier alpha value is -3.23. The van der Waals surface area contributed by atoms with Crippen molar-refractivity contribution < 1.29 is 13.2 Å². The zero-order valence-corrected chi connectivity index (χ0v) is 13.7. The molecule has 0 spiro atoms. The van der Waals surface area contributed by atoms with E-state index in [0.29, 0.717) is 0 Å². The lowest BCUT2D eigenvalue weighted by Gasteiger charge is -2.15. The molecule has 0 unspecified atom stereocenters. The standard InChI is InChI=1S/C17H15F3N6/c1-10(11-6-3-2-4-7-11)22-16-25-14(24-15(21)26-16)12-8-5-9-13(23-12)17(18,19)20/h2-10H,1H3,(H3,21,22,24,25,26)/t10-/m1/s1. The lowest BCUT2D eigenvalue weighted by Crippen LogP contribution is -2.13. The van der Waals surface area contributed by atoms with Gasteiger partial charge in [0.25, 0.3) is 0 Å². The fourth-order valence-corrected chi connectivity index (χ4v) is 2.31. The van der Waals surface area contributed by atoms with Gasteiger partial charge in [0.05, 0.1) is 6.04 Å². The van der Waals surface area contributed by atoms with Crippen molar-refractivity contribution in [1.82, 2.24) is 19.9 Å². The number of nitrogens with two attached hydrogens (primary N) is 1. The van der Waals surface area contributed by atoms with Crippen LogP contribution in [0.15, 0.2) is 48.5 Å². The summed E-state index contributed by atoms with van der Waals surface area (Å²) in [5.74, 6) is 0.00593. The quantitative estimate of drug-likeness (QED) is 0.737. The molecule has 2 aromatic heterocycles. The molecule has 0 fully saturated rings. The molecule has 26 heavy (non-hydrogen) atoms. The summed E-state index contributed by atoms with van der Waals surface area (Å²) in [6.45, 7) is 1.90. The molecule has 0 saturated heterocycles. The van der Waals surface area contributed by atoms with Gasteiger partial charge < -0.3 is 11.1 Å². The third-order valence-electron chi connectivity index (χ3n) is 3.57. The van der Waals surface area contributed by atoms with Crippen LogP contribution in [0.3, 0.4) is 0 Å². The van der Waals surface area contributed by atoms with Crippen LogP contribution < -0.4 is 11.1 Å². The maximum absolute atomic E-state index is 12.8. The molecule has 0 aliphatic rings. The van der Waals surface area contributed by atoms with Crippen LogP contribution in [-0.2, 0) is 6.18 Å². The zero-order valence-electron chi connectivity index (χ0n) is 13.7. The molecule has 0 radical (unpaired) electrons. The predicted octanol–water partition coefficient (Wildman–Crippen LogP) is 3.71. The first-order valence-electron chi connectivity index (χ1n) is 7.70. The van der Waals surface area contributed by atoms with Gasteiger partial charge in [0.1, 0.15) is 11.4 Å². The van der Waals surface area contributed by atoms with E-state index in [9.17, 15) is 13.2 Å². The van der Waals surface area contributed by atoms with E-state index in [2.05, 4.69) is 25.3 Å². The van der Waals surface area contributed by atoms with Crippen LogP contribution >= 0.6 is 0 Å². The molecular weight excluding hydrogens is 345 g/mol. The van der Waals surface area contributed by atoms with Crippen molar-refractivity contribution in [1.29, 1.82) is 0 Å². The summed E-state index contributed by atoms with van der Waals surface area (Å²) in [5.41, 5.74) is 5.61. The summed E-state index contributed by atoms with van der Waals surface area (Å²) in [5, 5.41) is 3.06. The van der Waals surface area contributed by atoms with Gasteiger partial charge in [-0.05, 0) is 24.6 Å². The molecule has 1 aromatic carbocycles. The molecule has 0 saturated carbocycles. The number of hydrogen-bond donors (Lipinski definition) is 2. The molecule has 9 heteroatoms. The highest BCUT2D eigenvalue weighted by Gasteiger charge is 2.32. The fraction of sp³-hybridized carbons (Fsp3) is 0.176. The molecule has 6 nitrogen and oxygen atoms in total. The third-order valence-corrected chi connectivity index (χ3v) is 3.57. The number of aromatic nitrogens is 4. The second-order valence-electron chi connectivity index (χ2n) is 5.52. The summed E-state index contributed by atoms with van der Waals surface area (Å²) in [7, 11) is 0. The number of halogens is 3. The van der Waals surface area contributed by atoms with Crippen molar-refractivity contribution in [3.05, 3.63) is 59.8 Å². The molecule has 3 aromatic rings. The Labute approximate surface area is 147 Å². The topological polar surface area (TPSA) is 89.6 Å². The normalized spacial score (nSPS) is 12.6. The first-order valence-corrected chi connectivity index (χ1v) is 7.70. The summed E-state index contributed by atoms with van der Waals surface area (Å²) >= 11 is 0. The monoisotopic (exact) mass is 360 g/mol. The van der Waals surface area contributed by atoms with Crippen molar-refractivity contribution in [2.45, 2.75) is 19.1 Å². The highest BCUT2D eigenvalue weighted by molar-refractivity contribution is 5.53. The van der Waals surface area contributed by atoms with E-state index in [4.69, 9.17) is 5.73 Å². The largest absolute Gasteiger partial charge is 0.433 e. The van der Waals surface area contributed by atoms with Crippen LogP contribution in [0.2, 0.25) is 0 Å². The number of benzene rings is 1. The number of pyridine rings is 1. The highest BCUT2D eigenvalue weighted by Crippen LogP contribution is 2.29. The molecule has 0 aliphatic carbocycles. The number of alkyl halides is 3. The average molecular weight is 360 g/mol. The van der Waals surface area contributed by atoms with Crippen LogP contribution in [0.5, 0.6) is 0 Å². The summed E-state index contributed by atoms with van der Waals surface area (Å²) < 4.78 is 38.5. The van der Waals surface area contributed by atoms with Crippen LogP contribution in [0.1, 0.15) is 24.2 Å². The number of anilines is 2. The number of nitrogens with one attached hydrogen (secondary N) is 1. The molecule has 3 N–H and O–H groups in total. The summed E-state index contributed by atoms with van der Waals surface area (Å²) in [6, 6.07) is 12.9. The highest BCUT2D eigenvalue weighted by atomic mass is 19.4. The minimum absolute atomic E-state index is 0.0358. The molecule has 2 heterocycles. The molecular formula is C17H15F3N6. The maximum Gasteiger partial charge on any atom is 0.433 e. The maximum atomic E-state index is 12.8. The smallest absolute Gasteiger partial charge is 0.368 e. The zero-order chi connectivity index (χ0) is 18.7. The van der Waals surface area contributed by atoms with E-state index in [-0.39, 0.29) is 29.5 Å². The Balaban J connectivity index is 1.91. The van der Waals surface area contributed by atoms with Gasteiger partial charge in [-0.1, -0.05) is 36.4 Å². The minimum Gasteiger partial charge on any atom is -0.368 e. The van der Waals surface area contributed by atoms with Gasteiger partial charge in [-0.25, -0.2) is 4.98 Å². The second-order valence-corrected chi connectivity index (χ2v) is 5.52. The van der Waals surface area contributed by atoms with Gasteiger partial charge in [0.15, 0.2) is 5.82 Å². The average Bonchev–Trinajstić information content (AvgIpc) is 2.61. The van der Waals surface area contributed by atoms with E-state index in [1.807, 2.05) is 37.3 Å². The number of rotatable bonds is 4. The molecule has 0 bridgehead atoms. The first kappa shape index (κ1) is 17.6. The van der Waals surface area contributed by atoms with Crippen molar-refractivity contribution in [2.75, 3.05) is 11.1 Å². The van der Waals surface area contributed by atoms with E-state index >= 15 is 0 Å². The second kappa shape index (κ2) is 6.95. The van der Waals surface area contributed by atoms with Crippen LogP contribution in [-0.4, -0.2) is 19.9 Å². The Morgan fingerprint density at radius 1 is 0.923 bits per heavy atom. The Kier molecular flexibility index (Phi) is 4.70. The Morgan fingerprint density at radius 3 is 2.35 bits per heavy atom. The van der Waals surface area contributed by atoms with Crippen LogP contribution in [0, 0.1) is 0 Å². The lowest BCUT2D eigenvalue weighted by atomic mass is 10.1. The predicted molar refractivity (Wildman–Crippen MR) is 91.0 cm³/mol. The molecule has 134 valence electrons. The first-order chi connectivity index (χ1) is 12.3. The van der Waals surface area contributed by atoms with Gasteiger partial charge >= 0.3 is 6.18 Å².